The molecule has 1 saturated heterocycles. The van der Waals surface area contributed by atoms with E-state index in [1.54, 1.807) is 0 Å². The van der Waals surface area contributed by atoms with Gasteiger partial charge in [-0.2, -0.15) is 23.0 Å². The third-order valence-corrected chi connectivity index (χ3v) is 4.47. The van der Waals surface area contributed by atoms with E-state index < -0.39 is 17.8 Å². The minimum atomic E-state index is -4.51. The summed E-state index contributed by atoms with van der Waals surface area (Å²) in [6.45, 7) is 2.74. The van der Waals surface area contributed by atoms with Crippen molar-refractivity contribution in [2.24, 2.45) is 0 Å². The molecule has 0 radical (unpaired) electrons. The van der Waals surface area contributed by atoms with Crippen molar-refractivity contribution in [1.29, 1.82) is 0 Å². The summed E-state index contributed by atoms with van der Waals surface area (Å²) in [5, 5.41) is 4.22. The molecular formula is C16H16ClF3N4O. The average molecular weight is 373 g/mol. The SMILES string of the molecule is O=C(N1CCN(Cc2ccccc2Cl)CC1)n1cc(C(F)(F)F)cn1. The zero-order valence-electron chi connectivity index (χ0n) is 13.2. The Hall–Kier alpha value is -2.06. The van der Waals surface area contributed by atoms with Gasteiger partial charge in [0.2, 0.25) is 0 Å². The van der Waals surface area contributed by atoms with Crippen molar-refractivity contribution in [3.05, 3.63) is 52.8 Å². The van der Waals surface area contributed by atoms with Crippen LogP contribution >= 0.6 is 11.6 Å². The smallest absolute Gasteiger partial charge is 0.320 e. The molecule has 0 spiro atoms. The van der Waals surface area contributed by atoms with Gasteiger partial charge >= 0.3 is 12.2 Å². The number of halogens is 4. The van der Waals surface area contributed by atoms with Crippen molar-refractivity contribution in [3.8, 4) is 0 Å². The summed E-state index contributed by atoms with van der Waals surface area (Å²) in [5.41, 5.74) is 0.0732. The molecule has 2 heterocycles. The molecule has 1 aromatic carbocycles. The lowest BCUT2D eigenvalue weighted by Crippen LogP contribution is -2.49. The molecule has 1 aliphatic heterocycles. The summed E-state index contributed by atoms with van der Waals surface area (Å²) in [6, 6.07) is 7.00. The van der Waals surface area contributed by atoms with Gasteiger partial charge in [-0.1, -0.05) is 29.8 Å². The van der Waals surface area contributed by atoms with Crippen LogP contribution in [-0.4, -0.2) is 51.8 Å². The molecule has 3 rings (SSSR count). The maximum atomic E-state index is 12.6. The molecule has 0 unspecified atom stereocenters. The van der Waals surface area contributed by atoms with E-state index in [1.165, 1.54) is 4.90 Å². The topological polar surface area (TPSA) is 41.4 Å². The molecule has 2 aromatic rings. The lowest BCUT2D eigenvalue weighted by atomic mass is 10.2. The molecule has 134 valence electrons. The van der Waals surface area contributed by atoms with Gasteiger partial charge in [0.05, 0.1) is 11.8 Å². The second-order valence-electron chi connectivity index (χ2n) is 5.81. The Balaban J connectivity index is 1.58. The Labute approximate surface area is 147 Å². The normalized spacial score (nSPS) is 16.2. The first-order valence-corrected chi connectivity index (χ1v) is 8.09. The standard InChI is InChI=1S/C16H16ClF3N4O/c17-14-4-2-1-3-12(14)10-22-5-7-23(8-6-22)15(25)24-11-13(9-21-24)16(18,19)20/h1-4,9,11H,5-8,10H2. The highest BCUT2D eigenvalue weighted by Gasteiger charge is 2.33. The van der Waals surface area contributed by atoms with Crippen molar-refractivity contribution >= 4 is 17.6 Å². The minimum absolute atomic E-state index is 0.421. The van der Waals surface area contributed by atoms with E-state index in [2.05, 4.69) is 10.00 Å². The summed E-state index contributed by atoms with van der Waals surface area (Å²) in [6.07, 6.45) is -3.13. The van der Waals surface area contributed by atoms with E-state index in [0.29, 0.717) is 43.9 Å². The van der Waals surface area contributed by atoms with Gasteiger partial charge in [-0.15, -0.1) is 0 Å². The van der Waals surface area contributed by atoms with E-state index >= 15 is 0 Å². The first kappa shape index (κ1) is 17.8. The summed E-state index contributed by atoms with van der Waals surface area (Å²) in [4.78, 5) is 15.9. The predicted molar refractivity (Wildman–Crippen MR) is 86.3 cm³/mol. The third kappa shape index (κ3) is 4.13. The molecule has 0 atom stereocenters. The number of amides is 1. The van der Waals surface area contributed by atoms with Crippen LogP contribution in [0, 0.1) is 0 Å². The molecule has 0 bridgehead atoms. The summed E-state index contributed by atoms with van der Waals surface area (Å²) < 4.78 is 38.5. The number of carbonyl (C=O) groups excluding carboxylic acids is 1. The van der Waals surface area contributed by atoms with Crippen molar-refractivity contribution < 1.29 is 18.0 Å². The first-order valence-electron chi connectivity index (χ1n) is 7.71. The largest absolute Gasteiger partial charge is 0.419 e. The Kier molecular flexibility index (Phi) is 5.01. The van der Waals surface area contributed by atoms with Crippen LogP contribution in [0.15, 0.2) is 36.7 Å². The van der Waals surface area contributed by atoms with Crippen molar-refractivity contribution in [1.82, 2.24) is 19.6 Å². The lowest BCUT2D eigenvalue weighted by molar-refractivity contribution is -0.137. The van der Waals surface area contributed by atoms with Crippen molar-refractivity contribution in [2.45, 2.75) is 12.7 Å². The second kappa shape index (κ2) is 7.05. The second-order valence-corrected chi connectivity index (χ2v) is 6.22. The number of rotatable bonds is 2. The van der Waals surface area contributed by atoms with Crippen LogP contribution in [-0.2, 0) is 12.7 Å². The van der Waals surface area contributed by atoms with Crippen LogP contribution in [0.1, 0.15) is 11.1 Å². The third-order valence-electron chi connectivity index (χ3n) is 4.10. The quantitative estimate of drug-likeness (QED) is 0.812. The Morgan fingerprint density at radius 2 is 1.84 bits per heavy atom. The van der Waals surface area contributed by atoms with Crippen molar-refractivity contribution in [3.63, 3.8) is 0 Å². The molecule has 25 heavy (non-hydrogen) atoms. The monoisotopic (exact) mass is 372 g/mol. The van der Waals surface area contributed by atoms with Crippen LogP contribution in [0.4, 0.5) is 18.0 Å². The van der Waals surface area contributed by atoms with Gasteiger partial charge in [0.15, 0.2) is 0 Å². The molecular weight excluding hydrogens is 357 g/mol. The van der Waals surface area contributed by atoms with Gasteiger partial charge in [-0.05, 0) is 11.6 Å². The molecule has 1 amide bonds. The molecule has 9 heteroatoms. The van der Waals surface area contributed by atoms with Crippen LogP contribution in [0.5, 0.6) is 0 Å². The Morgan fingerprint density at radius 1 is 1.16 bits per heavy atom. The number of alkyl halides is 3. The van der Waals surface area contributed by atoms with Crippen LogP contribution in [0.25, 0.3) is 0 Å². The van der Waals surface area contributed by atoms with Gasteiger partial charge in [0.1, 0.15) is 0 Å². The molecule has 5 nitrogen and oxygen atoms in total. The molecule has 0 saturated carbocycles. The fourth-order valence-electron chi connectivity index (χ4n) is 2.68. The van der Waals surface area contributed by atoms with Gasteiger partial charge in [0, 0.05) is 43.9 Å². The fraction of sp³-hybridized carbons (Fsp3) is 0.375. The maximum Gasteiger partial charge on any atom is 0.419 e. The van der Waals surface area contributed by atoms with E-state index in [0.717, 1.165) is 16.4 Å². The van der Waals surface area contributed by atoms with Crippen LogP contribution in [0.3, 0.4) is 0 Å². The number of carbonyl (C=O) groups is 1. The number of aromatic nitrogens is 2. The highest BCUT2D eigenvalue weighted by molar-refractivity contribution is 6.31. The van der Waals surface area contributed by atoms with Gasteiger partial charge in [-0.3, -0.25) is 4.90 Å². The number of nitrogens with zero attached hydrogens (tertiary/aromatic N) is 4. The summed E-state index contributed by atoms with van der Waals surface area (Å²) in [5.74, 6) is 0. The maximum absolute atomic E-state index is 12.6. The summed E-state index contributed by atoms with van der Waals surface area (Å²) >= 11 is 6.15. The zero-order valence-corrected chi connectivity index (χ0v) is 14.0. The zero-order chi connectivity index (χ0) is 18.0. The van der Waals surface area contributed by atoms with Gasteiger partial charge < -0.3 is 4.90 Å². The number of hydrogen-bond donors (Lipinski definition) is 0. The highest BCUT2D eigenvalue weighted by atomic mass is 35.5. The van der Waals surface area contributed by atoms with Gasteiger partial charge in [0.25, 0.3) is 0 Å². The Morgan fingerprint density at radius 3 is 2.44 bits per heavy atom. The average Bonchev–Trinajstić information content (AvgIpc) is 3.07. The predicted octanol–water partition coefficient (Wildman–Crippen LogP) is 3.34. The van der Waals surface area contributed by atoms with Crippen LogP contribution < -0.4 is 0 Å². The van der Waals surface area contributed by atoms with Gasteiger partial charge in [-0.25, -0.2) is 4.79 Å². The van der Waals surface area contributed by atoms with E-state index in [-0.39, 0.29) is 0 Å². The molecule has 1 fully saturated rings. The minimum Gasteiger partial charge on any atom is -0.320 e. The highest BCUT2D eigenvalue weighted by Crippen LogP contribution is 2.28. The van der Waals surface area contributed by atoms with E-state index in [1.807, 2.05) is 24.3 Å². The van der Waals surface area contributed by atoms with E-state index in [9.17, 15) is 18.0 Å². The number of piperazine rings is 1. The van der Waals surface area contributed by atoms with E-state index in [4.69, 9.17) is 11.6 Å². The lowest BCUT2D eigenvalue weighted by Gasteiger charge is -2.34. The fourth-order valence-corrected chi connectivity index (χ4v) is 2.88. The number of benzene rings is 1. The summed E-state index contributed by atoms with van der Waals surface area (Å²) in [7, 11) is 0. The Bertz CT molecular complexity index is 754. The molecule has 1 aromatic heterocycles. The molecule has 0 N–H and O–H groups in total. The number of hydrogen-bond acceptors (Lipinski definition) is 3. The molecule has 1 aliphatic rings. The van der Waals surface area contributed by atoms with Crippen molar-refractivity contribution in [2.75, 3.05) is 26.2 Å². The first-order chi connectivity index (χ1) is 11.8. The van der Waals surface area contributed by atoms with Crippen LogP contribution in [0.2, 0.25) is 5.02 Å². The molecule has 0 aliphatic carbocycles.